The molecule has 0 aliphatic heterocycles. The molecule has 0 aliphatic rings. The normalized spacial score (nSPS) is 14.3. The van der Waals surface area contributed by atoms with Crippen LogP contribution >= 0.6 is 11.8 Å². The van der Waals surface area contributed by atoms with Crippen molar-refractivity contribution in [1.82, 2.24) is 36.9 Å². The number of carbonyl (C=O) groups excluding carboxylic acids is 6. The number of hydrogen-bond acceptors (Lipinski definition) is 11. The van der Waals surface area contributed by atoms with Crippen LogP contribution in [0.1, 0.15) is 77.3 Å². The van der Waals surface area contributed by atoms with Crippen molar-refractivity contribution in [3.63, 3.8) is 0 Å². The first-order valence-corrected chi connectivity index (χ1v) is 24.2. The summed E-state index contributed by atoms with van der Waals surface area (Å²) in [4.78, 5) is 115. The van der Waals surface area contributed by atoms with E-state index in [4.69, 9.17) is 17.2 Å². The van der Waals surface area contributed by atoms with Gasteiger partial charge in [0.1, 0.15) is 36.3 Å². The Hall–Kier alpha value is -6.68. The largest absolute Gasteiger partial charge is 0.481 e. The first kappa shape index (κ1) is 56.6. The number of aliphatic imine (C=N–C) groups is 1. The lowest BCUT2D eigenvalue weighted by molar-refractivity contribution is -0.143. The number of hydrogen-bond donors (Lipinski definition) is 12. The molecule has 7 atom stereocenters. The molecule has 3 rings (SSSR count). The zero-order valence-corrected chi connectivity index (χ0v) is 40.6. The second kappa shape index (κ2) is 28.6. The zero-order valence-electron chi connectivity index (χ0n) is 39.8. The van der Waals surface area contributed by atoms with Gasteiger partial charge < -0.3 is 64.3 Å². The fraction of sp³-hybridized carbons (Fsp3) is 0.511. The molecule has 15 N–H and O–H groups in total. The SMILES string of the molecule is CSCC[C@H](NC(=O)[C@H](Cc1ccccc1)NC(=O)[C@@H](N)CC(C)C)C(=O)N[C@@H](CCCN=C(N)N)C(=O)N[C@@H](CC(C)C)C(=O)N[C@@H](CC(=O)O)C(=O)N[C@@H](Cc1c[nH]c2ccccc12)C(=O)O. The number of H-pyrrole nitrogens is 1. The van der Waals surface area contributed by atoms with Gasteiger partial charge in [0.2, 0.25) is 35.4 Å². The van der Waals surface area contributed by atoms with Gasteiger partial charge in [0.05, 0.1) is 12.5 Å². The van der Waals surface area contributed by atoms with E-state index in [1.165, 1.54) is 11.8 Å². The molecule has 0 radical (unpaired) electrons. The molecule has 0 spiro atoms. The number of amides is 6. The maximum atomic E-state index is 14.2. The molecule has 6 amide bonds. The van der Waals surface area contributed by atoms with E-state index in [-0.39, 0.29) is 62.9 Å². The third kappa shape index (κ3) is 19.8. The van der Waals surface area contributed by atoms with Gasteiger partial charge in [-0.05, 0) is 73.1 Å². The lowest BCUT2D eigenvalue weighted by Gasteiger charge is -2.28. The van der Waals surface area contributed by atoms with E-state index in [0.717, 1.165) is 16.5 Å². The van der Waals surface area contributed by atoms with Crippen molar-refractivity contribution in [2.24, 2.45) is 34.0 Å². The Balaban J connectivity index is 1.87. The summed E-state index contributed by atoms with van der Waals surface area (Å²) in [7, 11) is 0. The van der Waals surface area contributed by atoms with Gasteiger partial charge in [-0.15, -0.1) is 0 Å². The van der Waals surface area contributed by atoms with Crippen molar-refractivity contribution in [3.05, 3.63) is 71.9 Å². The molecule has 22 heteroatoms. The number of nitrogens with zero attached hydrogens (tertiary/aromatic N) is 1. The zero-order chi connectivity index (χ0) is 51.2. The molecular weight excluding hydrogens is 911 g/mol. The first-order chi connectivity index (χ1) is 32.7. The number of thioether (sulfide) groups is 1. The average Bonchev–Trinajstić information content (AvgIpc) is 3.69. The van der Waals surface area contributed by atoms with E-state index in [9.17, 15) is 48.6 Å². The van der Waals surface area contributed by atoms with Crippen LogP contribution in [0.15, 0.2) is 65.8 Å². The number of para-hydroxylation sites is 1. The summed E-state index contributed by atoms with van der Waals surface area (Å²) in [6.07, 6.45) is 3.02. The Morgan fingerprint density at radius 2 is 1.16 bits per heavy atom. The van der Waals surface area contributed by atoms with Crippen LogP contribution < -0.4 is 49.1 Å². The summed E-state index contributed by atoms with van der Waals surface area (Å²) >= 11 is 1.41. The van der Waals surface area contributed by atoms with Gasteiger partial charge in [-0.25, -0.2) is 4.79 Å². The Bertz CT molecular complexity index is 2240. The molecule has 0 saturated carbocycles. The highest BCUT2D eigenvalue weighted by atomic mass is 32.2. The summed E-state index contributed by atoms with van der Waals surface area (Å²) in [5, 5.41) is 36.1. The summed E-state index contributed by atoms with van der Waals surface area (Å²) in [5.74, 6) is -7.62. The van der Waals surface area contributed by atoms with Crippen LogP contribution in [-0.2, 0) is 51.2 Å². The predicted molar refractivity (Wildman–Crippen MR) is 263 cm³/mol. The van der Waals surface area contributed by atoms with Crippen molar-refractivity contribution in [3.8, 4) is 0 Å². The summed E-state index contributed by atoms with van der Waals surface area (Å²) in [6, 6.07) is 6.90. The minimum atomic E-state index is -1.76. The number of rotatable bonds is 30. The molecule has 0 aliphatic carbocycles. The monoisotopic (exact) mass is 979 g/mol. The number of carboxylic acid groups (broad SMARTS) is 2. The maximum Gasteiger partial charge on any atom is 0.326 e. The molecule has 0 saturated heterocycles. The molecule has 1 heterocycles. The van der Waals surface area contributed by atoms with Crippen LogP contribution in [0.3, 0.4) is 0 Å². The number of carbonyl (C=O) groups is 8. The van der Waals surface area contributed by atoms with Crippen molar-refractivity contribution in [1.29, 1.82) is 0 Å². The van der Waals surface area contributed by atoms with Crippen LogP contribution in [0.4, 0.5) is 0 Å². The highest BCUT2D eigenvalue weighted by Crippen LogP contribution is 2.20. The van der Waals surface area contributed by atoms with E-state index >= 15 is 0 Å². The van der Waals surface area contributed by atoms with Crippen LogP contribution in [0.5, 0.6) is 0 Å². The number of nitrogens with two attached hydrogens (primary N) is 3. The van der Waals surface area contributed by atoms with Gasteiger partial charge in [-0.2, -0.15) is 11.8 Å². The van der Waals surface area contributed by atoms with E-state index < -0.39 is 96.1 Å². The Labute approximate surface area is 406 Å². The van der Waals surface area contributed by atoms with Gasteiger partial charge in [-0.3, -0.25) is 38.6 Å². The third-order valence-corrected chi connectivity index (χ3v) is 11.5. The third-order valence-electron chi connectivity index (χ3n) is 10.9. The molecule has 0 unspecified atom stereocenters. The van der Waals surface area contributed by atoms with Crippen LogP contribution in [0, 0.1) is 11.8 Å². The van der Waals surface area contributed by atoms with E-state index in [0.29, 0.717) is 17.7 Å². The maximum absolute atomic E-state index is 14.2. The predicted octanol–water partition coefficient (Wildman–Crippen LogP) is 0.647. The molecule has 2 aromatic carbocycles. The Morgan fingerprint density at radius 3 is 1.75 bits per heavy atom. The smallest absolute Gasteiger partial charge is 0.326 e. The summed E-state index contributed by atoms with van der Waals surface area (Å²) in [5.41, 5.74) is 19.2. The molecule has 1 aromatic heterocycles. The lowest BCUT2D eigenvalue weighted by atomic mass is 10.0. The van der Waals surface area contributed by atoms with Crippen LogP contribution in [0.25, 0.3) is 10.9 Å². The number of aromatic nitrogens is 1. The minimum absolute atomic E-state index is 0.00623. The summed E-state index contributed by atoms with van der Waals surface area (Å²) in [6.45, 7) is 7.41. The van der Waals surface area contributed by atoms with Crippen LogP contribution in [0.2, 0.25) is 0 Å². The van der Waals surface area contributed by atoms with Crippen molar-refractivity contribution in [2.45, 2.75) is 121 Å². The van der Waals surface area contributed by atoms with Crippen molar-refractivity contribution in [2.75, 3.05) is 18.6 Å². The van der Waals surface area contributed by atoms with Gasteiger partial charge in [0.15, 0.2) is 5.96 Å². The Morgan fingerprint density at radius 1 is 0.638 bits per heavy atom. The van der Waals surface area contributed by atoms with E-state index in [1.807, 2.05) is 26.2 Å². The van der Waals surface area contributed by atoms with Gasteiger partial charge in [0.25, 0.3) is 0 Å². The standard InChI is InChI=1S/C47H69N11O10S/c1-26(2)20-31(48)40(61)55-36(22-28-12-7-6-8-13-28)44(65)54-34(17-19-69-5)42(63)53-33(16-11-18-51-47(49)50)41(62)56-35(21-27(3)4)43(64)57-37(24-39(59)60)45(66)58-38(46(67)68)23-29-25-52-32-15-10-9-14-30(29)32/h6-10,12-15,25-27,31,33-38,52H,11,16-24,48H2,1-5H3,(H,53,63)(H,54,65)(H,55,61)(H,56,62)(H,57,64)(H,58,66)(H,59,60)(H,67,68)(H4,49,50,51)/t31-,33-,34-,35-,36-,37-,38-/m0/s1. The Kier molecular flexibility index (Phi) is 23.5. The quantitative estimate of drug-likeness (QED) is 0.0248. The molecular formula is C47H69N11O10S. The topological polar surface area (TPSA) is 355 Å². The number of aliphatic carboxylic acids is 2. The molecule has 0 fully saturated rings. The molecule has 21 nitrogen and oxygen atoms in total. The highest BCUT2D eigenvalue weighted by Gasteiger charge is 2.35. The minimum Gasteiger partial charge on any atom is -0.481 e. The fourth-order valence-electron chi connectivity index (χ4n) is 7.40. The van der Waals surface area contributed by atoms with Crippen molar-refractivity contribution < 1.29 is 48.6 Å². The second-order valence-corrected chi connectivity index (χ2v) is 18.6. The molecule has 3 aromatic rings. The lowest BCUT2D eigenvalue weighted by Crippen LogP contribution is -2.60. The molecule has 0 bridgehead atoms. The number of guanidine groups is 1. The molecule has 69 heavy (non-hydrogen) atoms. The average molecular weight is 980 g/mol. The highest BCUT2D eigenvalue weighted by molar-refractivity contribution is 7.98. The molecule has 378 valence electrons. The fourth-order valence-corrected chi connectivity index (χ4v) is 7.87. The van der Waals surface area contributed by atoms with Gasteiger partial charge in [0, 0.05) is 36.5 Å². The second-order valence-electron chi connectivity index (χ2n) is 17.7. The van der Waals surface area contributed by atoms with Gasteiger partial charge in [-0.1, -0.05) is 76.2 Å². The van der Waals surface area contributed by atoms with Crippen molar-refractivity contribution >= 4 is 76.0 Å². The first-order valence-electron chi connectivity index (χ1n) is 22.8. The van der Waals surface area contributed by atoms with E-state index in [1.54, 1.807) is 68.6 Å². The van der Waals surface area contributed by atoms with Crippen LogP contribution in [-0.4, -0.2) is 129 Å². The van der Waals surface area contributed by atoms with E-state index in [2.05, 4.69) is 41.9 Å². The van der Waals surface area contributed by atoms with Gasteiger partial charge >= 0.3 is 11.9 Å². The number of fused-ring (bicyclic) bond motifs is 1. The number of benzene rings is 2. The number of nitrogens with one attached hydrogen (secondary N) is 7. The number of carboxylic acids is 2. The summed E-state index contributed by atoms with van der Waals surface area (Å²) < 4.78 is 0. The number of aromatic amines is 1.